The van der Waals surface area contributed by atoms with Crippen LogP contribution in [0.15, 0.2) is 10.5 Å². The first kappa shape index (κ1) is 9.16. The Labute approximate surface area is 76.9 Å². The molecule has 1 rings (SSSR count). The fraction of sp³-hybridized carbons (Fsp3) is 0.556. The molecule has 1 aliphatic rings. The minimum absolute atomic E-state index is 0.472. The maximum absolute atomic E-state index is 8.68. The maximum atomic E-state index is 8.68. The topological polar surface area (TPSA) is 47.6 Å². The zero-order valence-corrected chi connectivity index (χ0v) is 7.82. The van der Waals surface area contributed by atoms with Gasteiger partial charge in [0.2, 0.25) is 0 Å². The number of rotatable bonds is 2. The highest BCUT2D eigenvalue weighted by molar-refractivity contribution is 8.04. The number of hydrogen-bond donors (Lipinski definition) is 0. The molecule has 12 heavy (non-hydrogen) atoms. The zero-order chi connectivity index (χ0) is 8.97. The highest BCUT2D eigenvalue weighted by Gasteiger charge is 2.23. The lowest BCUT2D eigenvalue weighted by Gasteiger charge is -2.04. The number of nitriles is 2. The van der Waals surface area contributed by atoms with Crippen molar-refractivity contribution < 1.29 is 0 Å². The molecule has 0 aromatic rings. The van der Waals surface area contributed by atoms with Crippen LogP contribution in [0.25, 0.3) is 0 Å². The average molecular weight is 178 g/mol. The fourth-order valence-corrected chi connectivity index (χ4v) is 2.53. The van der Waals surface area contributed by atoms with Crippen molar-refractivity contribution in [3.63, 3.8) is 0 Å². The number of hydrogen-bond acceptors (Lipinski definition) is 3. The van der Waals surface area contributed by atoms with Crippen LogP contribution < -0.4 is 0 Å². The zero-order valence-electron chi connectivity index (χ0n) is 7.00. The molecule has 0 bridgehead atoms. The maximum Gasteiger partial charge on any atom is 0.107 e. The SMILES string of the molecule is CCCC1CC(C#N)=C(C#N)S1. The Balaban J connectivity index is 2.63. The first-order valence-electron chi connectivity index (χ1n) is 4.01. The Hall–Kier alpha value is -0.930. The van der Waals surface area contributed by atoms with E-state index in [9.17, 15) is 0 Å². The van der Waals surface area contributed by atoms with Gasteiger partial charge in [0.1, 0.15) is 6.07 Å². The molecule has 3 heteroatoms. The quantitative estimate of drug-likeness (QED) is 0.653. The Kier molecular flexibility index (Phi) is 3.19. The Morgan fingerprint density at radius 3 is 2.67 bits per heavy atom. The molecule has 62 valence electrons. The molecule has 0 fully saturated rings. The summed E-state index contributed by atoms with van der Waals surface area (Å²) in [6.07, 6.45) is 3.01. The number of nitrogens with zero attached hydrogens (tertiary/aromatic N) is 2. The van der Waals surface area contributed by atoms with Crippen LogP contribution in [0.2, 0.25) is 0 Å². The predicted octanol–water partition coefficient (Wildman–Crippen LogP) is 2.59. The Bertz CT molecular complexity index is 254. The molecular formula is C9H10N2S. The molecule has 0 radical (unpaired) electrons. The predicted molar refractivity (Wildman–Crippen MR) is 49.2 cm³/mol. The summed E-state index contributed by atoms with van der Waals surface area (Å²) < 4.78 is 0. The van der Waals surface area contributed by atoms with E-state index in [1.807, 2.05) is 0 Å². The van der Waals surface area contributed by atoms with E-state index in [2.05, 4.69) is 19.1 Å². The number of thioether (sulfide) groups is 1. The molecule has 1 unspecified atom stereocenters. The summed E-state index contributed by atoms with van der Waals surface area (Å²) >= 11 is 1.56. The average Bonchev–Trinajstić information content (AvgIpc) is 2.48. The van der Waals surface area contributed by atoms with Crippen molar-refractivity contribution in [3.05, 3.63) is 10.5 Å². The van der Waals surface area contributed by atoms with Gasteiger partial charge in [-0.15, -0.1) is 11.8 Å². The van der Waals surface area contributed by atoms with Crippen LogP contribution >= 0.6 is 11.8 Å². The van der Waals surface area contributed by atoms with Gasteiger partial charge in [0.05, 0.1) is 16.5 Å². The standard InChI is InChI=1S/C9H10N2S/c1-2-3-8-4-7(5-10)9(6-11)12-8/h8H,2-4H2,1H3. The van der Waals surface area contributed by atoms with Gasteiger partial charge in [-0.25, -0.2) is 0 Å². The van der Waals surface area contributed by atoms with Crippen molar-refractivity contribution in [3.8, 4) is 12.1 Å². The van der Waals surface area contributed by atoms with E-state index >= 15 is 0 Å². The van der Waals surface area contributed by atoms with Crippen LogP contribution in [0.1, 0.15) is 26.2 Å². The Morgan fingerprint density at radius 2 is 2.25 bits per heavy atom. The lowest BCUT2D eigenvalue weighted by Crippen LogP contribution is -1.96. The van der Waals surface area contributed by atoms with Crippen LogP contribution in [0.5, 0.6) is 0 Å². The Morgan fingerprint density at radius 1 is 1.50 bits per heavy atom. The molecule has 1 atom stereocenters. The van der Waals surface area contributed by atoms with Gasteiger partial charge >= 0.3 is 0 Å². The van der Waals surface area contributed by atoms with Gasteiger partial charge in [-0.3, -0.25) is 0 Å². The van der Waals surface area contributed by atoms with Crippen LogP contribution in [-0.2, 0) is 0 Å². The summed E-state index contributed by atoms with van der Waals surface area (Å²) in [4.78, 5) is 0.635. The van der Waals surface area contributed by atoms with Crippen molar-refractivity contribution in [1.82, 2.24) is 0 Å². The largest absolute Gasteiger partial charge is 0.193 e. The molecule has 0 aliphatic carbocycles. The summed E-state index contributed by atoms with van der Waals surface area (Å²) in [6, 6.07) is 4.16. The van der Waals surface area contributed by atoms with Gasteiger partial charge < -0.3 is 0 Å². The molecule has 0 N–H and O–H groups in total. The van der Waals surface area contributed by atoms with Crippen molar-refractivity contribution in [2.75, 3.05) is 0 Å². The second-order valence-electron chi connectivity index (χ2n) is 2.76. The van der Waals surface area contributed by atoms with Crippen molar-refractivity contribution >= 4 is 11.8 Å². The third-order valence-electron chi connectivity index (χ3n) is 1.84. The lowest BCUT2D eigenvalue weighted by atomic mass is 10.1. The van der Waals surface area contributed by atoms with Crippen LogP contribution in [0, 0.1) is 22.7 Å². The van der Waals surface area contributed by atoms with E-state index in [0.29, 0.717) is 15.7 Å². The van der Waals surface area contributed by atoms with Crippen LogP contribution in [-0.4, -0.2) is 5.25 Å². The van der Waals surface area contributed by atoms with Gasteiger partial charge in [0.15, 0.2) is 0 Å². The van der Waals surface area contributed by atoms with Gasteiger partial charge in [-0.1, -0.05) is 13.3 Å². The van der Waals surface area contributed by atoms with Crippen molar-refractivity contribution in [2.24, 2.45) is 0 Å². The van der Waals surface area contributed by atoms with E-state index in [4.69, 9.17) is 10.5 Å². The molecule has 0 aromatic heterocycles. The molecule has 2 nitrogen and oxygen atoms in total. The van der Waals surface area contributed by atoms with Gasteiger partial charge in [0.25, 0.3) is 0 Å². The van der Waals surface area contributed by atoms with E-state index in [0.717, 1.165) is 19.3 Å². The number of allylic oxidation sites excluding steroid dienone is 2. The van der Waals surface area contributed by atoms with E-state index in [-0.39, 0.29) is 0 Å². The summed E-state index contributed by atoms with van der Waals surface area (Å²) in [5.41, 5.74) is 0.681. The minimum atomic E-state index is 0.472. The smallest absolute Gasteiger partial charge is 0.107 e. The van der Waals surface area contributed by atoms with Crippen LogP contribution in [0.3, 0.4) is 0 Å². The van der Waals surface area contributed by atoms with Gasteiger partial charge in [-0.05, 0) is 12.8 Å². The second kappa shape index (κ2) is 4.18. The third kappa shape index (κ3) is 1.81. The molecular weight excluding hydrogens is 168 g/mol. The summed E-state index contributed by atoms with van der Waals surface area (Å²) in [5.74, 6) is 0. The fourth-order valence-electron chi connectivity index (χ4n) is 1.27. The molecule has 0 aromatic carbocycles. The normalized spacial score (nSPS) is 22.1. The van der Waals surface area contributed by atoms with Crippen LogP contribution in [0.4, 0.5) is 0 Å². The summed E-state index contributed by atoms with van der Waals surface area (Å²) in [5, 5.41) is 17.8. The minimum Gasteiger partial charge on any atom is -0.193 e. The van der Waals surface area contributed by atoms with Crippen molar-refractivity contribution in [1.29, 1.82) is 10.5 Å². The highest BCUT2D eigenvalue weighted by atomic mass is 32.2. The van der Waals surface area contributed by atoms with Gasteiger partial charge in [0, 0.05) is 5.25 Å². The monoisotopic (exact) mass is 178 g/mol. The molecule has 0 saturated heterocycles. The molecule has 0 saturated carbocycles. The molecule has 1 heterocycles. The van der Waals surface area contributed by atoms with Gasteiger partial charge in [-0.2, -0.15) is 10.5 Å². The third-order valence-corrected chi connectivity index (χ3v) is 3.15. The highest BCUT2D eigenvalue weighted by Crippen LogP contribution is 2.38. The first-order chi connectivity index (χ1) is 5.81. The summed E-state index contributed by atoms with van der Waals surface area (Å²) in [6.45, 7) is 2.12. The van der Waals surface area contributed by atoms with E-state index < -0.39 is 0 Å². The first-order valence-corrected chi connectivity index (χ1v) is 4.89. The lowest BCUT2D eigenvalue weighted by molar-refractivity contribution is 0.747. The van der Waals surface area contributed by atoms with E-state index in [1.165, 1.54) is 0 Å². The van der Waals surface area contributed by atoms with E-state index in [1.54, 1.807) is 11.8 Å². The second-order valence-corrected chi connectivity index (χ2v) is 4.07. The molecule has 0 spiro atoms. The molecule has 0 amide bonds. The summed E-state index contributed by atoms with van der Waals surface area (Å²) in [7, 11) is 0. The van der Waals surface area contributed by atoms with Crippen molar-refractivity contribution in [2.45, 2.75) is 31.4 Å². The molecule has 1 aliphatic heterocycles.